The summed E-state index contributed by atoms with van der Waals surface area (Å²) in [7, 11) is 1.57. The number of fused-ring (bicyclic) bond motifs is 1. The first-order chi connectivity index (χ1) is 16.4. The molecule has 2 heterocycles. The van der Waals surface area contributed by atoms with E-state index < -0.39 is 0 Å². The van der Waals surface area contributed by atoms with Gasteiger partial charge in [-0.1, -0.05) is 29.3 Å². The molecule has 4 N–H and O–H groups in total. The molecule has 174 valence electrons. The molecule has 9 nitrogen and oxygen atoms in total. The van der Waals surface area contributed by atoms with E-state index in [1.807, 2.05) is 6.07 Å². The molecule has 0 radical (unpaired) electrons. The second kappa shape index (κ2) is 10.1. The van der Waals surface area contributed by atoms with Crippen molar-refractivity contribution in [1.82, 2.24) is 19.5 Å². The number of amidine groups is 1. The van der Waals surface area contributed by atoms with Crippen LogP contribution in [0.25, 0.3) is 22.4 Å². The third kappa shape index (κ3) is 5.11. The molecule has 0 amide bonds. The highest BCUT2D eigenvalue weighted by molar-refractivity contribution is 6.42. The van der Waals surface area contributed by atoms with Gasteiger partial charge in [0.15, 0.2) is 5.65 Å². The Kier molecular flexibility index (Phi) is 6.95. The summed E-state index contributed by atoms with van der Waals surface area (Å²) in [6.45, 7) is 0.580. The zero-order valence-corrected chi connectivity index (χ0v) is 19.7. The van der Waals surface area contributed by atoms with E-state index in [1.54, 1.807) is 49.7 Å². The number of nitrogens with two attached hydrogens (primary N) is 1. The normalized spacial score (nSPS) is 10.9. The van der Waals surface area contributed by atoms with Crippen molar-refractivity contribution in [2.75, 3.05) is 12.4 Å². The van der Waals surface area contributed by atoms with Crippen molar-refractivity contribution in [1.29, 1.82) is 5.41 Å². The molecule has 0 aliphatic heterocycles. The predicted molar refractivity (Wildman–Crippen MR) is 134 cm³/mol. The van der Waals surface area contributed by atoms with E-state index >= 15 is 0 Å². The Labute approximate surface area is 205 Å². The summed E-state index contributed by atoms with van der Waals surface area (Å²) in [5.74, 6) is 0.950. The number of anilines is 1. The number of ether oxygens (including phenoxy) is 1. The van der Waals surface area contributed by atoms with Gasteiger partial charge in [0.05, 0.1) is 29.2 Å². The van der Waals surface area contributed by atoms with Crippen molar-refractivity contribution in [3.8, 4) is 17.0 Å². The van der Waals surface area contributed by atoms with Gasteiger partial charge in [0, 0.05) is 25.1 Å². The summed E-state index contributed by atoms with van der Waals surface area (Å²) in [5.41, 5.74) is 7.76. The van der Waals surface area contributed by atoms with Crippen LogP contribution in [-0.2, 0) is 13.1 Å². The number of benzene rings is 2. The first-order valence-electron chi connectivity index (χ1n) is 10.3. The number of nitrogens with zero attached hydrogens (tertiary/aromatic N) is 4. The van der Waals surface area contributed by atoms with Gasteiger partial charge in [-0.05, 0) is 42.0 Å². The number of hydrogen-bond donors (Lipinski definition) is 3. The van der Waals surface area contributed by atoms with Crippen LogP contribution in [0, 0.1) is 5.41 Å². The Bertz CT molecular complexity index is 1420. The van der Waals surface area contributed by atoms with E-state index in [0.29, 0.717) is 45.0 Å². The van der Waals surface area contributed by atoms with Crippen molar-refractivity contribution in [2.24, 2.45) is 5.73 Å². The second-order valence-electron chi connectivity index (χ2n) is 7.43. The molecule has 0 unspecified atom stereocenters. The molecule has 0 saturated carbocycles. The maximum absolute atomic E-state index is 13.4. The number of aromatic nitrogens is 4. The lowest BCUT2D eigenvalue weighted by Crippen LogP contribution is -2.27. The number of nitrogens with one attached hydrogen (secondary N) is 2. The fourth-order valence-corrected chi connectivity index (χ4v) is 3.65. The lowest BCUT2D eigenvalue weighted by Gasteiger charge is -2.13. The van der Waals surface area contributed by atoms with Crippen molar-refractivity contribution >= 4 is 46.1 Å². The largest absolute Gasteiger partial charge is 0.497 e. The molecule has 0 atom stereocenters. The quantitative estimate of drug-likeness (QED) is 0.246. The average molecular weight is 498 g/mol. The highest BCUT2D eigenvalue weighted by Crippen LogP contribution is 2.23. The molecule has 0 bridgehead atoms. The van der Waals surface area contributed by atoms with Crippen molar-refractivity contribution in [2.45, 2.75) is 19.5 Å². The molecule has 11 heteroatoms. The van der Waals surface area contributed by atoms with Crippen molar-refractivity contribution < 1.29 is 4.74 Å². The van der Waals surface area contributed by atoms with Crippen LogP contribution in [0.15, 0.2) is 53.5 Å². The van der Waals surface area contributed by atoms with Crippen LogP contribution in [0.3, 0.4) is 0 Å². The Hall–Kier alpha value is -3.69. The zero-order valence-electron chi connectivity index (χ0n) is 18.2. The number of methoxy groups -OCH3 is 1. The number of halogens is 2. The van der Waals surface area contributed by atoms with Crippen LogP contribution in [0.2, 0.25) is 10.0 Å². The smallest absolute Gasteiger partial charge is 0.278 e. The average Bonchev–Trinajstić information content (AvgIpc) is 2.84. The van der Waals surface area contributed by atoms with Gasteiger partial charge >= 0.3 is 0 Å². The maximum atomic E-state index is 13.4. The monoisotopic (exact) mass is 497 g/mol. The van der Waals surface area contributed by atoms with Crippen molar-refractivity contribution in [3.05, 3.63) is 74.6 Å². The molecular formula is C23H21Cl2N7O2. The summed E-state index contributed by atoms with van der Waals surface area (Å²) in [6.07, 6.45) is 1.74. The van der Waals surface area contributed by atoms with Gasteiger partial charge < -0.3 is 15.8 Å². The molecule has 0 fully saturated rings. The summed E-state index contributed by atoms with van der Waals surface area (Å²) < 4.78 is 6.66. The van der Waals surface area contributed by atoms with Crippen LogP contribution >= 0.6 is 23.2 Å². The summed E-state index contributed by atoms with van der Waals surface area (Å²) >= 11 is 12.1. The van der Waals surface area contributed by atoms with E-state index in [9.17, 15) is 4.79 Å². The highest BCUT2D eigenvalue weighted by Gasteiger charge is 2.15. The van der Waals surface area contributed by atoms with E-state index in [1.165, 1.54) is 4.57 Å². The van der Waals surface area contributed by atoms with E-state index in [4.69, 9.17) is 39.1 Å². The number of rotatable bonds is 8. The summed E-state index contributed by atoms with van der Waals surface area (Å²) in [6, 6.07) is 12.3. The van der Waals surface area contributed by atoms with Gasteiger partial charge in [-0.15, -0.1) is 0 Å². The fraction of sp³-hybridized carbons (Fsp3) is 0.174. The minimum absolute atomic E-state index is 0.0325. The number of hydrogen-bond acceptors (Lipinski definition) is 7. The predicted octanol–water partition coefficient (Wildman–Crippen LogP) is 4.11. The third-order valence-electron chi connectivity index (χ3n) is 5.09. The topological polar surface area (TPSA) is 132 Å². The molecular weight excluding hydrogens is 477 g/mol. The lowest BCUT2D eigenvalue weighted by molar-refractivity contribution is 0.415. The highest BCUT2D eigenvalue weighted by atomic mass is 35.5. The van der Waals surface area contributed by atoms with Crippen molar-refractivity contribution in [3.63, 3.8) is 0 Å². The van der Waals surface area contributed by atoms with Gasteiger partial charge in [0.2, 0.25) is 5.95 Å². The standard InChI is InChI=1S/C23H21Cl2N7O2/c1-34-15-5-3-14(4-6-15)20-22(33)32(9-8-19(26)27)21-18(30-20)12-29-23(31-21)28-11-13-2-7-16(24)17(25)10-13/h2-7,10,12H,8-9,11H2,1H3,(H3,26,27)(H,28,29,31). The molecule has 2 aromatic carbocycles. The molecule has 34 heavy (non-hydrogen) atoms. The SMILES string of the molecule is COc1ccc(-c2nc3cnc(NCc4ccc(Cl)c(Cl)c4)nc3n(CCC(=N)N)c2=O)cc1. The maximum Gasteiger partial charge on any atom is 0.278 e. The first kappa shape index (κ1) is 23.5. The second-order valence-corrected chi connectivity index (χ2v) is 8.24. The number of aryl methyl sites for hydroxylation is 1. The van der Waals surface area contributed by atoms with Gasteiger partial charge in [-0.2, -0.15) is 4.98 Å². The van der Waals surface area contributed by atoms with Gasteiger partial charge in [0.1, 0.15) is 17.0 Å². The molecule has 0 spiro atoms. The Morgan fingerprint density at radius 1 is 1.15 bits per heavy atom. The van der Waals surface area contributed by atoms with Gasteiger partial charge in [-0.25, -0.2) is 9.97 Å². The first-order valence-corrected chi connectivity index (χ1v) is 11.0. The molecule has 0 saturated heterocycles. The Morgan fingerprint density at radius 3 is 2.59 bits per heavy atom. The third-order valence-corrected chi connectivity index (χ3v) is 5.83. The molecule has 4 aromatic rings. The van der Waals surface area contributed by atoms with Gasteiger partial charge in [-0.3, -0.25) is 14.8 Å². The van der Waals surface area contributed by atoms with E-state index in [0.717, 1.165) is 5.56 Å². The fourth-order valence-electron chi connectivity index (χ4n) is 3.33. The lowest BCUT2D eigenvalue weighted by atomic mass is 10.1. The van der Waals surface area contributed by atoms with E-state index in [2.05, 4.69) is 20.3 Å². The van der Waals surface area contributed by atoms with Crippen LogP contribution in [-0.4, -0.2) is 32.5 Å². The molecule has 4 rings (SSSR count). The molecule has 2 aromatic heterocycles. The van der Waals surface area contributed by atoms with E-state index in [-0.39, 0.29) is 30.1 Å². The summed E-state index contributed by atoms with van der Waals surface area (Å²) in [5, 5.41) is 11.6. The minimum Gasteiger partial charge on any atom is -0.497 e. The Morgan fingerprint density at radius 2 is 1.91 bits per heavy atom. The molecule has 0 aliphatic rings. The van der Waals surface area contributed by atoms with Crippen LogP contribution < -0.4 is 21.3 Å². The molecule has 0 aliphatic carbocycles. The van der Waals surface area contributed by atoms with Crippen LogP contribution in [0.1, 0.15) is 12.0 Å². The minimum atomic E-state index is -0.340. The van der Waals surface area contributed by atoms with Crippen LogP contribution in [0.4, 0.5) is 5.95 Å². The Balaban J connectivity index is 1.73. The van der Waals surface area contributed by atoms with Gasteiger partial charge in [0.25, 0.3) is 5.56 Å². The zero-order chi connectivity index (χ0) is 24.2. The van der Waals surface area contributed by atoms with Crippen LogP contribution in [0.5, 0.6) is 5.75 Å². The summed E-state index contributed by atoms with van der Waals surface area (Å²) in [4.78, 5) is 26.7.